The second-order valence-electron chi connectivity index (χ2n) is 7.02. The lowest BCUT2D eigenvalue weighted by Crippen LogP contribution is -2.49. The van der Waals surface area contributed by atoms with Crippen molar-refractivity contribution in [2.45, 2.75) is 11.3 Å². The van der Waals surface area contributed by atoms with Gasteiger partial charge in [0.25, 0.3) is 0 Å². The van der Waals surface area contributed by atoms with Gasteiger partial charge in [0, 0.05) is 49.9 Å². The second kappa shape index (κ2) is 9.95. The number of hydrogen-bond acceptors (Lipinski definition) is 5. The van der Waals surface area contributed by atoms with Crippen LogP contribution in [0, 0.1) is 0 Å². The van der Waals surface area contributed by atoms with E-state index in [4.69, 9.17) is 11.6 Å². The van der Waals surface area contributed by atoms with Crippen molar-refractivity contribution in [1.29, 1.82) is 0 Å². The molecule has 160 valence electrons. The van der Waals surface area contributed by atoms with Crippen molar-refractivity contribution in [2.24, 2.45) is 0 Å². The number of para-hydroxylation sites is 1. The number of amides is 2. The van der Waals surface area contributed by atoms with Gasteiger partial charge in [0.15, 0.2) is 9.84 Å². The summed E-state index contributed by atoms with van der Waals surface area (Å²) in [6.07, 6.45) is 0.137. The first-order chi connectivity index (χ1) is 14.3. The molecule has 2 aromatic carbocycles. The maximum absolute atomic E-state index is 12.4. The standard InChI is InChI=1S/C21H24ClN3O4S/c22-17-6-8-19(9-7-17)30(28,29)16-20(26)23-11-10-21(27)25-14-12-24(13-15-25)18-4-2-1-3-5-18/h1-9H,10-16H2,(H,23,26). The van der Waals surface area contributed by atoms with E-state index in [2.05, 4.69) is 10.2 Å². The van der Waals surface area contributed by atoms with Gasteiger partial charge in [-0.15, -0.1) is 0 Å². The maximum Gasteiger partial charge on any atom is 0.235 e. The first-order valence-electron chi connectivity index (χ1n) is 9.68. The number of anilines is 1. The summed E-state index contributed by atoms with van der Waals surface area (Å²) in [4.78, 5) is 28.4. The van der Waals surface area contributed by atoms with Crippen molar-refractivity contribution in [3.05, 3.63) is 59.6 Å². The highest BCUT2D eigenvalue weighted by Gasteiger charge is 2.22. The third kappa shape index (κ3) is 5.96. The Bertz CT molecular complexity index is 973. The Morgan fingerprint density at radius 3 is 2.20 bits per heavy atom. The molecule has 1 fully saturated rings. The van der Waals surface area contributed by atoms with Crippen LogP contribution in [0.25, 0.3) is 0 Å². The number of nitrogens with one attached hydrogen (secondary N) is 1. The molecule has 0 unspecified atom stereocenters. The van der Waals surface area contributed by atoms with Gasteiger partial charge in [-0.05, 0) is 36.4 Å². The number of halogens is 1. The first kappa shape index (κ1) is 22.1. The fourth-order valence-electron chi connectivity index (χ4n) is 3.27. The van der Waals surface area contributed by atoms with Crippen LogP contribution in [-0.2, 0) is 19.4 Å². The van der Waals surface area contributed by atoms with Crippen LogP contribution < -0.4 is 10.2 Å². The zero-order chi connectivity index (χ0) is 21.6. The van der Waals surface area contributed by atoms with Crippen LogP contribution in [0.1, 0.15) is 6.42 Å². The number of sulfone groups is 1. The first-order valence-corrected chi connectivity index (χ1v) is 11.7. The van der Waals surface area contributed by atoms with Crippen molar-refractivity contribution in [1.82, 2.24) is 10.2 Å². The van der Waals surface area contributed by atoms with E-state index in [-0.39, 0.29) is 23.8 Å². The van der Waals surface area contributed by atoms with Crippen molar-refractivity contribution in [2.75, 3.05) is 43.4 Å². The Morgan fingerprint density at radius 2 is 1.57 bits per heavy atom. The molecule has 0 aromatic heterocycles. The summed E-state index contributed by atoms with van der Waals surface area (Å²) in [7, 11) is -3.75. The number of carbonyl (C=O) groups is 2. The minimum atomic E-state index is -3.75. The van der Waals surface area contributed by atoms with Crippen LogP contribution in [-0.4, -0.2) is 63.6 Å². The highest BCUT2D eigenvalue weighted by atomic mass is 35.5. The van der Waals surface area contributed by atoms with Gasteiger partial charge in [-0.1, -0.05) is 29.8 Å². The molecule has 9 heteroatoms. The van der Waals surface area contributed by atoms with E-state index in [9.17, 15) is 18.0 Å². The quantitative estimate of drug-likeness (QED) is 0.698. The summed E-state index contributed by atoms with van der Waals surface area (Å²) in [5.41, 5.74) is 1.14. The van der Waals surface area contributed by atoms with Crippen LogP contribution in [0.2, 0.25) is 5.02 Å². The number of carbonyl (C=O) groups excluding carboxylic acids is 2. The Labute approximate surface area is 181 Å². The van der Waals surface area contributed by atoms with E-state index >= 15 is 0 Å². The van der Waals surface area contributed by atoms with Crippen molar-refractivity contribution >= 4 is 38.9 Å². The Morgan fingerprint density at radius 1 is 0.933 bits per heavy atom. The minimum Gasteiger partial charge on any atom is -0.368 e. The molecular weight excluding hydrogens is 426 g/mol. The molecule has 30 heavy (non-hydrogen) atoms. The summed E-state index contributed by atoms with van der Waals surface area (Å²) >= 11 is 5.76. The maximum atomic E-state index is 12.4. The number of rotatable bonds is 7. The van der Waals surface area contributed by atoms with Crippen molar-refractivity contribution < 1.29 is 18.0 Å². The topological polar surface area (TPSA) is 86.8 Å². The molecule has 2 amide bonds. The summed E-state index contributed by atoms with van der Waals surface area (Å²) < 4.78 is 24.5. The van der Waals surface area contributed by atoms with Gasteiger partial charge in [0.1, 0.15) is 5.75 Å². The Balaban J connectivity index is 1.40. The smallest absolute Gasteiger partial charge is 0.235 e. The fraction of sp³-hybridized carbons (Fsp3) is 0.333. The van der Waals surface area contributed by atoms with Crippen LogP contribution in [0.15, 0.2) is 59.5 Å². The molecule has 1 saturated heterocycles. The molecule has 0 aliphatic carbocycles. The van der Waals surface area contributed by atoms with Gasteiger partial charge in [0.05, 0.1) is 4.90 Å². The molecule has 1 aliphatic heterocycles. The molecule has 0 bridgehead atoms. The average Bonchev–Trinajstić information content (AvgIpc) is 2.74. The highest BCUT2D eigenvalue weighted by Crippen LogP contribution is 2.16. The van der Waals surface area contributed by atoms with E-state index in [1.165, 1.54) is 24.3 Å². The van der Waals surface area contributed by atoms with Gasteiger partial charge in [-0.2, -0.15) is 0 Å². The van der Waals surface area contributed by atoms with E-state index in [0.29, 0.717) is 18.1 Å². The zero-order valence-electron chi connectivity index (χ0n) is 16.5. The third-order valence-corrected chi connectivity index (χ3v) is 6.79. The largest absolute Gasteiger partial charge is 0.368 e. The van der Waals surface area contributed by atoms with E-state index in [0.717, 1.165) is 18.8 Å². The lowest BCUT2D eigenvalue weighted by Gasteiger charge is -2.36. The lowest BCUT2D eigenvalue weighted by atomic mass is 10.2. The molecule has 3 rings (SSSR count). The molecule has 0 radical (unpaired) electrons. The average molecular weight is 450 g/mol. The van der Waals surface area contributed by atoms with E-state index in [1.54, 1.807) is 4.90 Å². The number of hydrogen-bond donors (Lipinski definition) is 1. The molecule has 1 heterocycles. The Kier molecular flexibility index (Phi) is 7.33. The normalized spacial score (nSPS) is 14.4. The Hall–Kier alpha value is -2.58. The predicted molar refractivity (Wildman–Crippen MR) is 116 cm³/mol. The molecule has 0 atom stereocenters. The highest BCUT2D eigenvalue weighted by molar-refractivity contribution is 7.92. The van der Waals surface area contributed by atoms with Crippen LogP contribution in [0.3, 0.4) is 0 Å². The summed E-state index contributed by atoms with van der Waals surface area (Å²) in [6.45, 7) is 2.84. The number of piperazine rings is 1. The molecule has 2 aromatic rings. The van der Waals surface area contributed by atoms with Gasteiger partial charge in [-0.25, -0.2) is 8.42 Å². The molecule has 1 N–H and O–H groups in total. The molecule has 0 saturated carbocycles. The molecular formula is C21H24ClN3O4S. The van der Waals surface area contributed by atoms with Crippen molar-refractivity contribution in [3.63, 3.8) is 0 Å². The molecule has 7 nitrogen and oxygen atoms in total. The lowest BCUT2D eigenvalue weighted by molar-refractivity contribution is -0.131. The SMILES string of the molecule is O=C(CS(=O)(=O)c1ccc(Cl)cc1)NCCC(=O)N1CCN(c2ccccc2)CC1. The zero-order valence-corrected chi connectivity index (χ0v) is 18.0. The monoisotopic (exact) mass is 449 g/mol. The third-order valence-electron chi connectivity index (χ3n) is 4.91. The van der Waals surface area contributed by atoms with E-state index < -0.39 is 21.5 Å². The molecule has 0 spiro atoms. The van der Waals surface area contributed by atoms with Gasteiger partial charge >= 0.3 is 0 Å². The predicted octanol–water partition coefficient (Wildman–Crippen LogP) is 1.97. The van der Waals surface area contributed by atoms with E-state index in [1.807, 2.05) is 30.3 Å². The summed E-state index contributed by atoms with van der Waals surface area (Å²) in [5, 5.41) is 2.94. The number of nitrogens with zero attached hydrogens (tertiary/aromatic N) is 2. The fourth-order valence-corrected chi connectivity index (χ4v) is 4.56. The van der Waals surface area contributed by atoms with Gasteiger partial charge in [-0.3, -0.25) is 9.59 Å². The number of benzene rings is 2. The van der Waals surface area contributed by atoms with Gasteiger partial charge in [0.2, 0.25) is 11.8 Å². The van der Waals surface area contributed by atoms with Crippen LogP contribution in [0.5, 0.6) is 0 Å². The summed E-state index contributed by atoms with van der Waals surface area (Å²) in [5.74, 6) is -1.35. The van der Waals surface area contributed by atoms with Crippen molar-refractivity contribution in [3.8, 4) is 0 Å². The van der Waals surface area contributed by atoms with Gasteiger partial charge < -0.3 is 15.1 Å². The van der Waals surface area contributed by atoms with Crippen LogP contribution >= 0.6 is 11.6 Å². The van der Waals surface area contributed by atoms with Crippen LogP contribution in [0.4, 0.5) is 5.69 Å². The minimum absolute atomic E-state index is 0.0365. The summed E-state index contributed by atoms with van der Waals surface area (Å²) in [6, 6.07) is 15.7. The molecule has 1 aliphatic rings. The second-order valence-corrected chi connectivity index (χ2v) is 9.44.